The zero-order valence-electron chi connectivity index (χ0n) is 10.1. The molecular formula is C14H20BrNO. The van der Waals surface area contributed by atoms with Crippen molar-refractivity contribution in [2.24, 2.45) is 0 Å². The van der Waals surface area contributed by atoms with Gasteiger partial charge in [0.1, 0.15) is 0 Å². The van der Waals surface area contributed by atoms with Crippen molar-refractivity contribution in [1.29, 1.82) is 0 Å². The first-order valence-electron chi connectivity index (χ1n) is 6.50. The van der Waals surface area contributed by atoms with Gasteiger partial charge in [-0.25, -0.2) is 0 Å². The molecule has 1 aliphatic heterocycles. The minimum absolute atomic E-state index is 0.493. The molecule has 3 heteroatoms. The van der Waals surface area contributed by atoms with Crippen molar-refractivity contribution < 1.29 is 4.74 Å². The van der Waals surface area contributed by atoms with Gasteiger partial charge < -0.3 is 4.74 Å². The van der Waals surface area contributed by atoms with E-state index in [9.17, 15) is 0 Å². The third-order valence-electron chi connectivity index (χ3n) is 3.23. The molecule has 1 aromatic rings. The molecule has 94 valence electrons. The zero-order valence-corrected chi connectivity index (χ0v) is 11.7. The van der Waals surface area contributed by atoms with Gasteiger partial charge in [0.15, 0.2) is 0 Å². The second-order valence-electron chi connectivity index (χ2n) is 4.69. The molecule has 0 amide bonds. The van der Waals surface area contributed by atoms with E-state index in [0.29, 0.717) is 10.9 Å². The van der Waals surface area contributed by atoms with Crippen LogP contribution in [0.4, 0.5) is 0 Å². The second-order valence-corrected chi connectivity index (χ2v) is 5.98. The van der Waals surface area contributed by atoms with Gasteiger partial charge in [0.2, 0.25) is 0 Å². The van der Waals surface area contributed by atoms with Crippen molar-refractivity contribution in [3.63, 3.8) is 0 Å². The molecule has 0 radical (unpaired) electrons. The monoisotopic (exact) mass is 297 g/mol. The Morgan fingerprint density at radius 2 is 2.35 bits per heavy atom. The van der Waals surface area contributed by atoms with E-state index >= 15 is 0 Å². The van der Waals surface area contributed by atoms with E-state index in [4.69, 9.17) is 4.74 Å². The Hall–Kier alpha value is -0.410. The smallest absolute Gasteiger partial charge is 0.0575 e. The number of nitrogens with zero attached hydrogens (tertiary/aromatic N) is 1. The molecule has 0 aliphatic carbocycles. The number of alkyl halides is 1. The standard InChI is InChI=1S/C14H20BrNO/c15-12(11-13-5-1-3-9-16-13)7-8-14-6-2-4-10-17-14/h1,3,5,9,12,14H,2,4,6-8,10-11H2. The molecule has 0 aromatic carbocycles. The van der Waals surface area contributed by atoms with Crippen molar-refractivity contribution in [1.82, 2.24) is 4.98 Å². The predicted octanol–water partition coefficient (Wildman–Crippen LogP) is 3.74. The lowest BCUT2D eigenvalue weighted by atomic mass is 10.0. The molecule has 2 rings (SSSR count). The van der Waals surface area contributed by atoms with E-state index in [1.54, 1.807) is 0 Å². The lowest BCUT2D eigenvalue weighted by molar-refractivity contribution is 0.0102. The Labute approximate surface area is 112 Å². The van der Waals surface area contributed by atoms with Gasteiger partial charge in [-0.1, -0.05) is 22.0 Å². The molecule has 1 aromatic heterocycles. The Kier molecular flexibility index (Phi) is 5.46. The minimum Gasteiger partial charge on any atom is -0.378 e. The zero-order chi connectivity index (χ0) is 11.9. The Balaban J connectivity index is 1.68. The number of aromatic nitrogens is 1. The fraction of sp³-hybridized carbons (Fsp3) is 0.643. The largest absolute Gasteiger partial charge is 0.378 e. The molecular weight excluding hydrogens is 278 g/mol. The Morgan fingerprint density at radius 1 is 1.41 bits per heavy atom. The van der Waals surface area contributed by atoms with Gasteiger partial charge in [-0.15, -0.1) is 0 Å². The van der Waals surface area contributed by atoms with Crippen molar-refractivity contribution in [2.45, 2.75) is 49.5 Å². The summed E-state index contributed by atoms with van der Waals surface area (Å²) in [4.78, 5) is 4.87. The maximum absolute atomic E-state index is 5.74. The quantitative estimate of drug-likeness (QED) is 0.773. The van der Waals surface area contributed by atoms with Crippen molar-refractivity contribution in [3.8, 4) is 0 Å². The van der Waals surface area contributed by atoms with Crippen LogP contribution in [0.5, 0.6) is 0 Å². The number of pyridine rings is 1. The Bertz CT molecular complexity index is 311. The predicted molar refractivity (Wildman–Crippen MR) is 73.5 cm³/mol. The van der Waals surface area contributed by atoms with Gasteiger partial charge in [0.05, 0.1) is 6.10 Å². The molecule has 2 heterocycles. The number of halogens is 1. The topological polar surface area (TPSA) is 22.1 Å². The summed E-state index contributed by atoms with van der Waals surface area (Å²) in [5, 5.41) is 0. The fourth-order valence-electron chi connectivity index (χ4n) is 2.25. The minimum atomic E-state index is 0.493. The van der Waals surface area contributed by atoms with E-state index < -0.39 is 0 Å². The van der Waals surface area contributed by atoms with Crippen LogP contribution >= 0.6 is 15.9 Å². The van der Waals surface area contributed by atoms with Crippen molar-refractivity contribution in [2.75, 3.05) is 6.61 Å². The highest BCUT2D eigenvalue weighted by Gasteiger charge is 2.15. The number of hydrogen-bond donors (Lipinski definition) is 0. The third-order valence-corrected chi connectivity index (χ3v) is 4.01. The summed E-state index contributed by atoms with van der Waals surface area (Å²) in [6.07, 6.45) is 9.51. The molecule has 0 N–H and O–H groups in total. The first-order valence-corrected chi connectivity index (χ1v) is 7.42. The molecule has 1 aliphatic rings. The molecule has 0 bridgehead atoms. The van der Waals surface area contributed by atoms with Crippen LogP contribution < -0.4 is 0 Å². The van der Waals surface area contributed by atoms with Gasteiger partial charge in [-0.2, -0.15) is 0 Å². The van der Waals surface area contributed by atoms with Crippen LogP contribution in [0.1, 0.15) is 37.8 Å². The first kappa shape index (κ1) is 13.0. The van der Waals surface area contributed by atoms with E-state index in [-0.39, 0.29) is 0 Å². The van der Waals surface area contributed by atoms with E-state index in [1.165, 1.54) is 37.8 Å². The van der Waals surface area contributed by atoms with Gasteiger partial charge in [-0.3, -0.25) is 4.98 Å². The summed E-state index contributed by atoms with van der Waals surface area (Å²) in [5.74, 6) is 0. The summed E-state index contributed by atoms with van der Waals surface area (Å²) in [6, 6.07) is 6.10. The molecule has 0 spiro atoms. The van der Waals surface area contributed by atoms with E-state index in [0.717, 1.165) is 13.0 Å². The molecule has 1 saturated heterocycles. The Morgan fingerprint density at radius 3 is 3.06 bits per heavy atom. The third kappa shape index (κ3) is 4.76. The summed E-state index contributed by atoms with van der Waals surface area (Å²) >= 11 is 3.75. The summed E-state index contributed by atoms with van der Waals surface area (Å²) in [5.41, 5.74) is 1.17. The van der Waals surface area contributed by atoms with Crippen LogP contribution in [0.2, 0.25) is 0 Å². The number of ether oxygens (including phenoxy) is 1. The van der Waals surface area contributed by atoms with Gasteiger partial charge in [0, 0.05) is 29.7 Å². The van der Waals surface area contributed by atoms with Crippen LogP contribution in [0.15, 0.2) is 24.4 Å². The van der Waals surface area contributed by atoms with E-state index in [1.807, 2.05) is 18.3 Å². The number of hydrogen-bond acceptors (Lipinski definition) is 2. The molecule has 0 saturated carbocycles. The number of rotatable bonds is 5. The average Bonchev–Trinajstić information content (AvgIpc) is 2.39. The SMILES string of the molecule is BrC(CCC1CCCCO1)Cc1ccccn1. The highest BCUT2D eigenvalue weighted by atomic mass is 79.9. The van der Waals surface area contributed by atoms with Crippen LogP contribution in [-0.2, 0) is 11.2 Å². The molecule has 2 nitrogen and oxygen atoms in total. The van der Waals surface area contributed by atoms with Crippen molar-refractivity contribution in [3.05, 3.63) is 30.1 Å². The van der Waals surface area contributed by atoms with Crippen LogP contribution in [-0.4, -0.2) is 22.5 Å². The van der Waals surface area contributed by atoms with Gasteiger partial charge in [-0.05, 0) is 44.2 Å². The fourth-order valence-corrected chi connectivity index (χ4v) is 2.85. The van der Waals surface area contributed by atoms with Crippen LogP contribution in [0, 0.1) is 0 Å². The van der Waals surface area contributed by atoms with Gasteiger partial charge in [0.25, 0.3) is 0 Å². The maximum Gasteiger partial charge on any atom is 0.0575 e. The lowest BCUT2D eigenvalue weighted by Crippen LogP contribution is -2.20. The molecule has 17 heavy (non-hydrogen) atoms. The molecule has 2 atom stereocenters. The van der Waals surface area contributed by atoms with Crippen molar-refractivity contribution >= 4 is 15.9 Å². The summed E-state index contributed by atoms with van der Waals surface area (Å²) < 4.78 is 5.74. The maximum atomic E-state index is 5.74. The average molecular weight is 298 g/mol. The summed E-state index contributed by atoms with van der Waals surface area (Å²) in [6.45, 7) is 0.956. The summed E-state index contributed by atoms with van der Waals surface area (Å²) in [7, 11) is 0. The molecule has 2 unspecified atom stereocenters. The molecule has 1 fully saturated rings. The highest BCUT2D eigenvalue weighted by Crippen LogP contribution is 2.21. The van der Waals surface area contributed by atoms with Crippen LogP contribution in [0.3, 0.4) is 0 Å². The second kappa shape index (κ2) is 7.12. The highest BCUT2D eigenvalue weighted by molar-refractivity contribution is 9.09. The normalized spacial score (nSPS) is 22.3. The van der Waals surface area contributed by atoms with Gasteiger partial charge >= 0.3 is 0 Å². The lowest BCUT2D eigenvalue weighted by Gasteiger charge is -2.23. The first-order chi connectivity index (χ1) is 8.34. The van der Waals surface area contributed by atoms with Crippen LogP contribution in [0.25, 0.3) is 0 Å². The van der Waals surface area contributed by atoms with E-state index in [2.05, 4.69) is 27.0 Å².